The molecule has 0 amide bonds. The van der Waals surface area contributed by atoms with Crippen molar-refractivity contribution in [2.24, 2.45) is 0 Å². The highest BCUT2D eigenvalue weighted by atomic mass is 16.6. The Morgan fingerprint density at radius 1 is 0.304 bits per heavy atom. The van der Waals surface area contributed by atoms with E-state index in [-0.39, 0.29) is 31.1 Å². The Balaban J connectivity index is 4.51. The summed E-state index contributed by atoms with van der Waals surface area (Å²) in [4.78, 5) is 38.2. The molecule has 0 aromatic heterocycles. The van der Waals surface area contributed by atoms with Gasteiger partial charge in [-0.1, -0.05) is 246 Å². The molecule has 0 saturated heterocycles. The Morgan fingerprint density at radius 3 is 1.04 bits per heavy atom. The third kappa shape index (κ3) is 54.9. The van der Waals surface area contributed by atoms with Crippen molar-refractivity contribution in [2.75, 3.05) is 13.2 Å². The van der Waals surface area contributed by atoms with Crippen LogP contribution in [0.2, 0.25) is 0 Å². The van der Waals surface area contributed by atoms with Crippen molar-refractivity contribution >= 4 is 17.9 Å². The van der Waals surface area contributed by atoms with E-state index in [4.69, 9.17) is 14.2 Å². The molecule has 0 saturated carbocycles. The zero-order valence-corrected chi connectivity index (χ0v) is 44.8. The maximum atomic E-state index is 12.9. The van der Waals surface area contributed by atoms with E-state index in [0.717, 1.165) is 109 Å². The summed E-state index contributed by atoms with van der Waals surface area (Å²) in [5.41, 5.74) is 0. The second-order valence-corrected chi connectivity index (χ2v) is 18.6. The molecule has 1 atom stereocenters. The van der Waals surface area contributed by atoms with E-state index in [9.17, 15) is 14.4 Å². The molecule has 0 aromatic carbocycles. The predicted molar refractivity (Wildman–Crippen MR) is 297 cm³/mol. The second kappa shape index (κ2) is 56.7. The van der Waals surface area contributed by atoms with Crippen molar-refractivity contribution in [2.45, 2.75) is 258 Å². The lowest BCUT2D eigenvalue weighted by molar-refractivity contribution is -0.167. The highest BCUT2D eigenvalue weighted by Crippen LogP contribution is 2.14. The molecular formula is C63H104O6. The van der Waals surface area contributed by atoms with Crippen LogP contribution in [0, 0.1) is 0 Å². The summed E-state index contributed by atoms with van der Waals surface area (Å²) in [5.74, 6) is -0.961. The molecule has 392 valence electrons. The minimum atomic E-state index is -0.807. The summed E-state index contributed by atoms with van der Waals surface area (Å²) in [7, 11) is 0. The van der Waals surface area contributed by atoms with Gasteiger partial charge in [0.15, 0.2) is 6.10 Å². The molecule has 0 aliphatic rings. The number of hydrogen-bond acceptors (Lipinski definition) is 6. The lowest BCUT2D eigenvalue weighted by atomic mass is 10.1. The lowest BCUT2D eigenvalue weighted by Gasteiger charge is -2.18. The number of rotatable bonds is 50. The minimum Gasteiger partial charge on any atom is -0.462 e. The number of ether oxygens (including phenoxy) is 3. The third-order valence-corrected chi connectivity index (χ3v) is 11.9. The van der Waals surface area contributed by atoms with Gasteiger partial charge in [0.25, 0.3) is 0 Å². The molecule has 6 nitrogen and oxygen atoms in total. The number of carbonyl (C=O) groups is 3. The van der Waals surface area contributed by atoms with E-state index >= 15 is 0 Å². The van der Waals surface area contributed by atoms with Crippen LogP contribution in [0.25, 0.3) is 0 Å². The first kappa shape index (κ1) is 65.1. The van der Waals surface area contributed by atoms with Gasteiger partial charge in [-0.25, -0.2) is 0 Å². The van der Waals surface area contributed by atoms with Crippen molar-refractivity contribution in [3.05, 3.63) is 109 Å². The number of hydrogen-bond donors (Lipinski definition) is 0. The van der Waals surface area contributed by atoms with Gasteiger partial charge in [0.05, 0.1) is 0 Å². The maximum Gasteiger partial charge on any atom is 0.306 e. The number of carbonyl (C=O) groups excluding carboxylic acids is 3. The molecule has 0 aliphatic heterocycles. The van der Waals surface area contributed by atoms with Gasteiger partial charge in [-0.05, 0) is 96.3 Å². The van der Waals surface area contributed by atoms with Crippen LogP contribution in [0.1, 0.15) is 252 Å². The van der Waals surface area contributed by atoms with Gasteiger partial charge in [-0.3, -0.25) is 14.4 Å². The molecule has 0 aromatic rings. The van der Waals surface area contributed by atoms with E-state index < -0.39 is 6.10 Å². The molecule has 0 aliphatic carbocycles. The number of unbranched alkanes of at least 4 members (excludes halogenated alkanes) is 26. The molecule has 6 heteroatoms. The van der Waals surface area contributed by atoms with Crippen LogP contribution < -0.4 is 0 Å². The van der Waals surface area contributed by atoms with Gasteiger partial charge in [-0.15, -0.1) is 0 Å². The number of allylic oxidation sites excluding steroid dienone is 18. The zero-order valence-electron chi connectivity index (χ0n) is 44.8. The highest BCUT2D eigenvalue weighted by molar-refractivity contribution is 5.71. The molecule has 0 fully saturated rings. The van der Waals surface area contributed by atoms with E-state index in [1.165, 1.54) is 103 Å². The van der Waals surface area contributed by atoms with E-state index in [1.807, 2.05) is 24.3 Å². The fourth-order valence-corrected chi connectivity index (χ4v) is 7.55. The molecule has 0 bridgehead atoms. The van der Waals surface area contributed by atoms with Crippen LogP contribution in [-0.2, 0) is 28.6 Å². The summed E-state index contributed by atoms with van der Waals surface area (Å²) >= 11 is 0. The molecular weight excluding hydrogens is 853 g/mol. The van der Waals surface area contributed by atoms with E-state index in [2.05, 4.69) is 106 Å². The van der Waals surface area contributed by atoms with Gasteiger partial charge in [0, 0.05) is 19.3 Å². The average Bonchev–Trinajstić information content (AvgIpc) is 3.35. The predicted octanol–water partition coefficient (Wildman–Crippen LogP) is 19.1. The average molecular weight is 958 g/mol. The Morgan fingerprint density at radius 2 is 0.609 bits per heavy atom. The summed E-state index contributed by atoms with van der Waals surface area (Å²) < 4.78 is 16.8. The molecule has 69 heavy (non-hydrogen) atoms. The second-order valence-electron chi connectivity index (χ2n) is 18.6. The largest absolute Gasteiger partial charge is 0.462 e. The van der Waals surface area contributed by atoms with Crippen LogP contribution in [0.4, 0.5) is 0 Å². The smallest absolute Gasteiger partial charge is 0.306 e. The van der Waals surface area contributed by atoms with E-state index in [0.29, 0.717) is 19.3 Å². The first-order valence-electron chi connectivity index (χ1n) is 28.5. The lowest BCUT2D eigenvalue weighted by Crippen LogP contribution is -2.30. The minimum absolute atomic E-state index is 0.105. The van der Waals surface area contributed by atoms with Crippen molar-refractivity contribution in [3.63, 3.8) is 0 Å². The molecule has 0 radical (unpaired) electrons. The zero-order chi connectivity index (χ0) is 50.0. The first-order chi connectivity index (χ1) is 34.0. The van der Waals surface area contributed by atoms with Gasteiger partial charge in [-0.2, -0.15) is 0 Å². The van der Waals surface area contributed by atoms with Crippen LogP contribution in [0.3, 0.4) is 0 Å². The van der Waals surface area contributed by atoms with Gasteiger partial charge in [0.1, 0.15) is 13.2 Å². The van der Waals surface area contributed by atoms with E-state index in [1.54, 1.807) is 0 Å². The van der Waals surface area contributed by atoms with Crippen molar-refractivity contribution < 1.29 is 28.6 Å². The summed E-state index contributed by atoms with van der Waals surface area (Å²) in [6, 6.07) is 0. The standard InChI is InChI=1S/C63H104O6/c1-4-7-10-13-16-19-22-25-28-31-33-35-38-41-44-47-50-53-56-62(65)68-59-60(58-67-61(64)55-52-49-46-43-40-37-34-30-27-24-21-18-15-12-9-6-3)69-63(66)57-54-51-48-45-42-39-36-32-29-26-23-20-17-14-11-8-5-2/h10,13,16-17,19-20,22,25-26,28-31,33-35,37,40,60H,4-9,11-12,14-15,18,21,23-24,27,32,36,38-39,41-59H2,1-3H3/b13-10-,19-16-,20-17-,25-22-,29-26-,31-28-,34-30-,35-33-,40-37-. The Hall–Kier alpha value is -3.93. The summed E-state index contributed by atoms with van der Waals surface area (Å²) in [6.07, 6.45) is 76.3. The topological polar surface area (TPSA) is 78.9 Å². The Kier molecular flexibility index (Phi) is 53.4. The SMILES string of the molecule is CCC\C=C/C=C\C=C/C=C\C=C/CCCCCCCC(=O)OCC(COC(=O)CCCCC/C=C\C=C/CCCCCCCCC)OC(=O)CCCCCCCCC/C=C\C/C=C\CCCCC. The van der Waals surface area contributed by atoms with Crippen LogP contribution in [-0.4, -0.2) is 37.2 Å². The van der Waals surface area contributed by atoms with Gasteiger partial charge >= 0.3 is 17.9 Å². The molecule has 1 unspecified atom stereocenters. The summed E-state index contributed by atoms with van der Waals surface area (Å²) in [5, 5.41) is 0. The quantitative estimate of drug-likeness (QED) is 0.0199. The molecule has 0 heterocycles. The fourth-order valence-electron chi connectivity index (χ4n) is 7.55. The highest BCUT2D eigenvalue weighted by Gasteiger charge is 2.19. The van der Waals surface area contributed by atoms with Crippen LogP contribution in [0.15, 0.2) is 109 Å². The first-order valence-corrected chi connectivity index (χ1v) is 28.5. The normalized spacial score (nSPS) is 12.9. The van der Waals surface area contributed by atoms with Crippen molar-refractivity contribution in [1.82, 2.24) is 0 Å². The third-order valence-electron chi connectivity index (χ3n) is 11.9. The fraction of sp³-hybridized carbons (Fsp3) is 0.667. The van der Waals surface area contributed by atoms with Gasteiger partial charge in [0.2, 0.25) is 0 Å². The van der Waals surface area contributed by atoms with Crippen molar-refractivity contribution in [1.29, 1.82) is 0 Å². The summed E-state index contributed by atoms with van der Waals surface area (Å²) in [6.45, 7) is 6.47. The maximum absolute atomic E-state index is 12.9. The van der Waals surface area contributed by atoms with Crippen LogP contribution >= 0.6 is 0 Å². The van der Waals surface area contributed by atoms with Crippen LogP contribution in [0.5, 0.6) is 0 Å². The molecule has 0 spiro atoms. The Labute approximate surface area is 425 Å². The Bertz CT molecular complexity index is 1420. The number of esters is 3. The van der Waals surface area contributed by atoms with Crippen molar-refractivity contribution in [3.8, 4) is 0 Å². The molecule has 0 rings (SSSR count). The molecule has 0 N–H and O–H groups in total. The van der Waals surface area contributed by atoms with Gasteiger partial charge < -0.3 is 14.2 Å². The monoisotopic (exact) mass is 957 g/mol.